The first-order valence-corrected chi connectivity index (χ1v) is 6.01. The fourth-order valence-corrected chi connectivity index (χ4v) is 2.23. The van der Waals surface area contributed by atoms with Gasteiger partial charge in [-0.25, -0.2) is 4.68 Å². The average Bonchev–Trinajstić information content (AvgIpc) is 2.87. The highest BCUT2D eigenvalue weighted by molar-refractivity contribution is 4.94. The van der Waals surface area contributed by atoms with E-state index < -0.39 is 0 Å². The van der Waals surface area contributed by atoms with E-state index in [1.165, 1.54) is 25.7 Å². The summed E-state index contributed by atoms with van der Waals surface area (Å²) in [5.41, 5.74) is 6.58. The van der Waals surface area contributed by atoms with E-state index in [2.05, 4.69) is 21.2 Å². The van der Waals surface area contributed by atoms with Crippen molar-refractivity contribution in [2.75, 3.05) is 6.54 Å². The third-order valence-electron chi connectivity index (χ3n) is 3.14. The SMILES string of the molecule is NCCCCc1cn(C2CCCC2)nn1. The molecule has 1 saturated carbocycles. The van der Waals surface area contributed by atoms with Gasteiger partial charge in [-0.15, -0.1) is 5.10 Å². The minimum Gasteiger partial charge on any atom is -0.330 e. The number of unbranched alkanes of at least 4 members (excludes halogenated alkanes) is 1. The molecule has 1 aliphatic carbocycles. The summed E-state index contributed by atoms with van der Waals surface area (Å²) in [6.45, 7) is 0.775. The standard InChI is InChI=1S/C11H20N4/c12-8-4-3-5-10-9-15(14-13-10)11-6-1-2-7-11/h9,11H,1-8,12H2. The second kappa shape index (κ2) is 5.26. The van der Waals surface area contributed by atoms with Crippen molar-refractivity contribution in [1.29, 1.82) is 0 Å². The number of rotatable bonds is 5. The second-order valence-electron chi connectivity index (χ2n) is 4.37. The molecule has 84 valence electrons. The quantitative estimate of drug-likeness (QED) is 0.749. The van der Waals surface area contributed by atoms with Gasteiger partial charge in [-0.05, 0) is 38.6 Å². The van der Waals surface area contributed by atoms with Gasteiger partial charge >= 0.3 is 0 Å². The van der Waals surface area contributed by atoms with Gasteiger partial charge in [0.2, 0.25) is 0 Å². The van der Waals surface area contributed by atoms with Crippen molar-refractivity contribution < 1.29 is 0 Å². The zero-order valence-electron chi connectivity index (χ0n) is 9.23. The maximum atomic E-state index is 5.46. The number of nitrogens with two attached hydrogens (primary N) is 1. The molecule has 1 aliphatic rings. The van der Waals surface area contributed by atoms with E-state index in [-0.39, 0.29) is 0 Å². The van der Waals surface area contributed by atoms with Gasteiger partial charge in [-0.1, -0.05) is 18.1 Å². The Morgan fingerprint density at radius 2 is 2.13 bits per heavy atom. The highest BCUT2D eigenvalue weighted by Gasteiger charge is 2.17. The van der Waals surface area contributed by atoms with E-state index >= 15 is 0 Å². The molecule has 4 nitrogen and oxygen atoms in total. The monoisotopic (exact) mass is 208 g/mol. The largest absolute Gasteiger partial charge is 0.330 e. The summed E-state index contributed by atoms with van der Waals surface area (Å²) < 4.78 is 2.06. The van der Waals surface area contributed by atoms with Crippen LogP contribution in [0, 0.1) is 0 Å². The van der Waals surface area contributed by atoms with Crippen molar-refractivity contribution in [1.82, 2.24) is 15.0 Å². The Kier molecular flexibility index (Phi) is 3.72. The number of nitrogens with zero attached hydrogens (tertiary/aromatic N) is 3. The zero-order valence-corrected chi connectivity index (χ0v) is 9.23. The van der Waals surface area contributed by atoms with Crippen molar-refractivity contribution in [3.63, 3.8) is 0 Å². The molecule has 0 spiro atoms. The topological polar surface area (TPSA) is 56.7 Å². The van der Waals surface area contributed by atoms with E-state index in [9.17, 15) is 0 Å². The first-order chi connectivity index (χ1) is 7.40. The lowest BCUT2D eigenvalue weighted by molar-refractivity contribution is 0.454. The van der Waals surface area contributed by atoms with Crippen LogP contribution >= 0.6 is 0 Å². The lowest BCUT2D eigenvalue weighted by Crippen LogP contribution is -2.04. The molecular weight excluding hydrogens is 188 g/mol. The fourth-order valence-electron chi connectivity index (χ4n) is 2.23. The van der Waals surface area contributed by atoms with Gasteiger partial charge in [0.25, 0.3) is 0 Å². The Morgan fingerprint density at radius 3 is 2.87 bits per heavy atom. The van der Waals surface area contributed by atoms with Gasteiger partial charge in [0.05, 0.1) is 11.7 Å². The number of aryl methyl sites for hydroxylation is 1. The summed E-state index contributed by atoms with van der Waals surface area (Å²) >= 11 is 0. The summed E-state index contributed by atoms with van der Waals surface area (Å²) in [7, 11) is 0. The van der Waals surface area contributed by atoms with Crippen molar-refractivity contribution in [2.45, 2.75) is 51.0 Å². The van der Waals surface area contributed by atoms with E-state index in [0.717, 1.165) is 31.5 Å². The Morgan fingerprint density at radius 1 is 1.33 bits per heavy atom. The van der Waals surface area contributed by atoms with Gasteiger partial charge < -0.3 is 5.73 Å². The van der Waals surface area contributed by atoms with Crippen LogP contribution in [0.5, 0.6) is 0 Å². The van der Waals surface area contributed by atoms with Crippen LogP contribution < -0.4 is 5.73 Å². The normalized spacial score (nSPS) is 17.4. The third-order valence-corrected chi connectivity index (χ3v) is 3.14. The molecule has 0 aromatic carbocycles. The predicted octanol–water partition coefficient (Wildman–Crippen LogP) is 1.67. The number of aromatic nitrogens is 3. The average molecular weight is 208 g/mol. The lowest BCUT2D eigenvalue weighted by Gasteiger charge is -2.06. The first-order valence-electron chi connectivity index (χ1n) is 6.01. The van der Waals surface area contributed by atoms with Crippen molar-refractivity contribution >= 4 is 0 Å². The molecule has 1 aromatic heterocycles. The molecular formula is C11H20N4. The van der Waals surface area contributed by atoms with Crippen LogP contribution in [0.1, 0.15) is 50.3 Å². The van der Waals surface area contributed by atoms with Crippen LogP contribution in [-0.2, 0) is 6.42 Å². The molecule has 1 aromatic rings. The Labute approximate surface area is 90.8 Å². The van der Waals surface area contributed by atoms with Crippen molar-refractivity contribution in [3.8, 4) is 0 Å². The number of hydrogen-bond donors (Lipinski definition) is 1. The maximum absolute atomic E-state index is 5.46. The first kappa shape index (κ1) is 10.6. The van der Waals surface area contributed by atoms with Crippen LogP contribution in [0.3, 0.4) is 0 Å². The summed E-state index contributed by atoms with van der Waals surface area (Å²) in [4.78, 5) is 0. The van der Waals surface area contributed by atoms with Crippen LogP contribution in [0.2, 0.25) is 0 Å². The van der Waals surface area contributed by atoms with E-state index in [0.29, 0.717) is 6.04 Å². The van der Waals surface area contributed by atoms with E-state index in [1.807, 2.05) is 0 Å². The Hall–Kier alpha value is -0.900. The molecule has 0 unspecified atom stereocenters. The summed E-state index contributed by atoms with van der Waals surface area (Å²) in [6.07, 6.45) is 10.6. The molecule has 0 saturated heterocycles. The highest BCUT2D eigenvalue weighted by atomic mass is 15.4. The van der Waals surface area contributed by atoms with Gasteiger partial charge in [0.1, 0.15) is 0 Å². The van der Waals surface area contributed by atoms with Crippen molar-refractivity contribution in [3.05, 3.63) is 11.9 Å². The minimum atomic E-state index is 0.612. The van der Waals surface area contributed by atoms with E-state index in [4.69, 9.17) is 5.73 Å². The lowest BCUT2D eigenvalue weighted by atomic mass is 10.2. The third kappa shape index (κ3) is 2.78. The van der Waals surface area contributed by atoms with Crippen LogP contribution in [-0.4, -0.2) is 21.5 Å². The van der Waals surface area contributed by atoms with Gasteiger partial charge in [-0.3, -0.25) is 0 Å². The van der Waals surface area contributed by atoms with Crippen LogP contribution in [0.25, 0.3) is 0 Å². The van der Waals surface area contributed by atoms with Crippen LogP contribution in [0.4, 0.5) is 0 Å². The van der Waals surface area contributed by atoms with Crippen molar-refractivity contribution in [2.24, 2.45) is 5.73 Å². The molecule has 0 atom stereocenters. The number of hydrogen-bond acceptors (Lipinski definition) is 3. The summed E-state index contributed by atoms with van der Waals surface area (Å²) in [5.74, 6) is 0. The zero-order chi connectivity index (χ0) is 10.5. The van der Waals surface area contributed by atoms with Gasteiger partial charge in [0.15, 0.2) is 0 Å². The highest BCUT2D eigenvalue weighted by Crippen LogP contribution is 2.28. The molecule has 0 aliphatic heterocycles. The Balaban J connectivity index is 1.86. The molecule has 0 amide bonds. The smallest absolute Gasteiger partial charge is 0.0827 e. The predicted molar refractivity (Wildman–Crippen MR) is 59.5 cm³/mol. The van der Waals surface area contributed by atoms with Gasteiger partial charge in [0, 0.05) is 6.20 Å². The Bertz CT molecular complexity index is 289. The van der Waals surface area contributed by atoms with E-state index in [1.54, 1.807) is 0 Å². The molecule has 15 heavy (non-hydrogen) atoms. The maximum Gasteiger partial charge on any atom is 0.0827 e. The second-order valence-corrected chi connectivity index (χ2v) is 4.37. The molecule has 1 heterocycles. The molecule has 0 bridgehead atoms. The van der Waals surface area contributed by atoms with Crippen LogP contribution in [0.15, 0.2) is 6.20 Å². The molecule has 4 heteroatoms. The molecule has 2 rings (SSSR count). The fraction of sp³-hybridized carbons (Fsp3) is 0.818. The molecule has 2 N–H and O–H groups in total. The molecule has 1 fully saturated rings. The summed E-state index contributed by atoms with van der Waals surface area (Å²) in [5, 5.41) is 8.42. The molecule has 0 radical (unpaired) electrons. The minimum absolute atomic E-state index is 0.612. The van der Waals surface area contributed by atoms with Gasteiger partial charge in [-0.2, -0.15) is 0 Å². The summed E-state index contributed by atoms with van der Waals surface area (Å²) in [6, 6.07) is 0.612.